The van der Waals surface area contributed by atoms with E-state index in [1.54, 1.807) is 18.7 Å². The van der Waals surface area contributed by atoms with Crippen molar-refractivity contribution >= 4 is 27.5 Å². The first-order chi connectivity index (χ1) is 9.89. The molecular formula is C14H19NO4S2. The summed E-state index contributed by atoms with van der Waals surface area (Å²) in [4.78, 5) is 13.1. The first-order valence-electron chi connectivity index (χ1n) is 6.71. The maximum Gasteiger partial charge on any atom is 0.261 e. The zero-order chi connectivity index (χ0) is 15.5. The monoisotopic (exact) mass is 329 g/mol. The van der Waals surface area contributed by atoms with E-state index in [0.29, 0.717) is 12.2 Å². The molecule has 1 fully saturated rings. The van der Waals surface area contributed by atoms with E-state index < -0.39 is 15.9 Å². The van der Waals surface area contributed by atoms with Crippen molar-refractivity contribution in [3.63, 3.8) is 0 Å². The lowest BCUT2D eigenvalue weighted by Crippen LogP contribution is -2.43. The van der Waals surface area contributed by atoms with E-state index >= 15 is 0 Å². The van der Waals surface area contributed by atoms with Gasteiger partial charge in [0.2, 0.25) is 0 Å². The number of hydrogen-bond donors (Lipinski definition) is 1. The van der Waals surface area contributed by atoms with Gasteiger partial charge in [-0.15, -0.1) is 11.8 Å². The molecule has 1 saturated heterocycles. The molecule has 1 heterocycles. The van der Waals surface area contributed by atoms with E-state index in [1.165, 1.54) is 0 Å². The molecule has 2 atom stereocenters. The number of rotatable bonds is 5. The molecule has 0 saturated carbocycles. The van der Waals surface area contributed by atoms with E-state index in [2.05, 4.69) is 5.32 Å². The highest BCUT2D eigenvalue weighted by Gasteiger charge is 2.30. The molecule has 1 aliphatic rings. The van der Waals surface area contributed by atoms with Crippen molar-refractivity contribution in [2.24, 2.45) is 0 Å². The van der Waals surface area contributed by atoms with Crippen LogP contribution in [0.5, 0.6) is 5.75 Å². The zero-order valence-electron chi connectivity index (χ0n) is 12.0. The Hall–Kier alpha value is -1.21. The molecule has 7 heteroatoms. The van der Waals surface area contributed by atoms with Crippen molar-refractivity contribution in [1.29, 1.82) is 0 Å². The Morgan fingerprint density at radius 1 is 1.38 bits per heavy atom. The molecule has 21 heavy (non-hydrogen) atoms. The molecule has 0 unspecified atom stereocenters. The minimum atomic E-state index is -2.99. The van der Waals surface area contributed by atoms with Gasteiger partial charge in [-0.1, -0.05) is 0 Å². The minimum Gasteiger partial charge on any atom is -0.481 e. The fourth-order valence-electron chi connectivity index (χ4n) is 2.14. The Morgan fingerprint density at radius 3 is 2.57 bits per heavy atom. The van der Waals surface area contributed by atoms with Gasteiger partial charge in [-0.25, -0.2) is 8.42 Å². The van der Waals surface area contributed by atoms with Gasteiger partial charge in [0.1, 0.15) is 5.75 Å². The molecule has 1 N–H and O–H groups in total. The Morgan fingerprint density at radius 2 is 2.05 bits per heavy atom. The number of nitrogens with one attached hydrogen (secondary N) is 1. The van der Waals surface area contributed by atoms with Crippen LogP contribution >= 0.6 is 11.8 Å². The van der Waals surface area contributed by atoms with E-state index in [9.17, 15) is 13.2 Å². The topological polar surface area (TPSA) is 72.5 Å². The van der Waals surface area contributed by atoms with Gasteiger partial charge in [-0.2, -0.15) is 0 Å². The van der Waals surface area contributed by atoms with Gasteiger partial charge in [0.15, 0.2) is 15.9 Å². The number of carbonyl (C=O) groups excluding carboxylic acids is 1. The van der Waals surface area contributed by atoms with Crippen molar-refractivity contribution < 1.29 is 17.9 Å². The van der Waals surface area contributed by atoms with Gasteiger partial charge in [-0.05, 0) is 43.9 Å². The molecule has 1 aromatic carbocycles. The Balaban J connectivity index is 1.87. The van der Waals surface area contributed by atoms with Gasteiger partial charge in [0, 0.05) is 10.9 Å². The normalized spacial score (nSPS) is 21.7. The van der Waals surface area contributed by atoms with E-state index in [4.69, 9.17) is 4.74 Å². The lowest BCUT2D eigenvalue weighted by molar-refractivity contribution is -0.127. The molecule has 2 rings (SSSR count). The summed E-state index contributed by atoms with van der Waals surface area (Å²) in [5.41, 5.74) is 0. The van der Waals surface area contributed by atoms with Gasteiger partial charge >= 0.3 is 0 Å². The largest absolute Gasteiger partial charge is 0.481 e. The van der Waals surface area contributed by atoms with Crippen molar-refractivity contribution in [2.75, 3.05) is 17.8 Å². The first kappa shape index (κ1) is 16.2. The van der Waals surface area contributed by atoms with Crippen molar-refractivity contribution in [2.45, 2.75) is 30.4 Å². The fourth-order valence-corrected chi connectivity index (χ4v) is 4.22. The maximum absolute atomic E-state index is 12.0. The molecule has 0 radical (unpaired) electrons. The van der Waals surface area contributed by atoms with Crippen LogP contribution < -0.4 is 10.1 Å². The number of carbonyl (C=O) groups is 1. The molecule has 116 valence electrons. The number of benzene rings is 1. The van der Waals surface area contributed by atoms with Gasteiger partial charge in [0.05, 0.1) is 11.5 Å². The predicted octanol–water partition coefficient (Wildman–Crippen LogP) is 1.48. The summed E-state index contributed by atoms with van der Waals surface area (Å²) in [5, 5.41) is 2.73. The second-order valence-electron chi connectivity index (χ2n) is 5.04. The predicted molar refractivity (Wildman–Crippen MR) is 83.5 cm³/mol. The lowest BCUT2D eigenvalue weighted by atomic mass is 10.2. The second kappa shape index (κ2) is 6.70. The summed E-state index contributed by atoms with van der Waals surface area (Å²) in [6, 6.07) is 7.18. The summed E-state index contributed by atoms with van der Waals surface area (Å²) in [7, 11) is -2.99. The number of thioether (sulfide) groups is 1. The van der Waals surface area contributed by atoms with Crippen molar-refractivity contribution in [3.8, 4) is 5.75 Å². The van der Waals surface area contributed by atoms with Crippen LogP contribution in [0.15, 0.2) is 29.2 Å². The van der Waals surface area contributed by atoms with Crippen LogP contribution in [0.1, 0.15) is 13.3 Å². The summed E-state index contributed by atoms with van der Waals surface area (Å²) >= 11 is 1.63. The average Bonchev–Trinajstić information content (AvgIpc) is 2.78. The van der Waals surface area contributed by atoms with Crippen molar-refractivity contribution in [1.82, 2.24) is 5.32 Å². The van der Waals surface area contributed by atoms with E-state index in [-0.39, 0.29) is 23.5 Å². The molecule has 1 aromatic rings. The second-order valence-corrected chi connectivity index (χ2v) is 8.15. The molecular weight excluding hydrogens is 310 g/mol. The summed E-state index contributed by atoms with van der Waals surface area (Å²) in [6.07, 6.45) is 1.80. The number of ether oxygens (including phenoxy) is 1. The quantitative estimate of drug-likeness (QED) is 0.829. The molecule has 1 aliphatic heterocycles. The lowest BCUT2D eigenvalue weighted by Gasteiger charge is -2.17. The molecule has 5 nitrogen and oxygen atoms in total. The summed E-state index contributed by atoms with van der Waals surface area (Å²) in [5.74, 6) is 0.498. The number of hydrogen-bond acceptors (Lipinski definition) is 5. The summed E-state index contributed by atoms with van der Waals surface area (Å²) < 4.78 is 28.3. The SMILES string of the molecule is CSc1ccc(O[C@@H](C)C(=O)N[C@H]2CCS(=O)(=O)C2)cc1. The summed E-state index contributed by atoms with van der Waals surface area (Å²) in [6.45, 7) is 1.65. The van der Waals surface area contributed by atoms with Crippen LogP contribution in [-0.2, 0) is 14.6 Å². The van der Waals surface area contributed by atoms with Crippen LogP contribution in [0.2, 0.25) is 0 Å². The highest BCUT2D eigenvalue weighted by atomic mass is 32.2. The molecule has 0 aromatic heterocycles. The van der Waals surface area contributed by atoms with Gasteiger partial charge < -0.3 is 10.1 Å². The third-order valence-electron chi connectivity index (χ3n) is 3.32. The molecule has 0 aliphatic carbocycles. The Kier molecular flexibility index (Phi) is 5.16. The highest BCUT2D eigenvalue weighted by Crippen LogP contribution is 2.20. The third kappa shape index (κ3) is 4.64. The standard InChI is InChI=1S/C14H19NO4S2/c1-10(19-12-3-5-13(20-2)6-4-12)14(16)15-11-7-8-21(17,18)9-11/h3-6,10-11H,7-9H2,1-2H3,(H,15,16)/t10-,11-/m0/s1. The first-order valence-corrected chi connectivity index (χ1v) is 9.76. The van der Waals surface area contributed by atoms with Crippen LogP contribution in [0, 0.1) is 0 Å². The average molecular weight is 329 g/mol. The van der Waals surface area contributed by atoms with Gasteiger partial charge in [-0.3, -0.25) is 4.79 Å². The molecule has 0 bridgehead atoms. The number of amides is 1. The van der Waals surface area contributed by atoms with Crippen LogP contribution in [-0.4, -0.2) is 44.2 Å². The van der Waals surface area contributed by atoms with Crippen LogP contribution in [0.25, 0.3) is 0 Å². The fraction of sp³-hybridized carbons (Fsp3) is 0.500. The smallest absolute Gasteiger partial charge is 0.261 e. The zero-order valence-corrected chi connectivity index (χ0v) is 13.7. The van der Waals surface area contributed by atoms with E-state index in [1.807, 2.05) is 30.5 Å². The van der Waals surface area contributed by atoms with Crippen molar-refractivity contribution in [3.05, 3.63) is 24.3 Å². The Bertz CT molecular complexity index is 598. The molecule has 0 spiro atoms. The van der Waals surface area contributed by atoms with Crippen LogP contribution in [0.4, 0.5) is 0 Å². The van der Waals surface area contributed by atoms with Crippen LogP contribution in [0.3, 0.4) is 0 Å². The maximum atomic E-state index is 12.0. The molecule has 1 amide bonds. The number of sulfone groups is 1. The van der Waals surface area contributed by atoms with E-state index in [0.717, 1.165) is 4.90 Å². The third-order valence-corrected chi connectivity index (χ3v) is 5.83. The highest BCUT2D eigenvalue weighted by molar-refractivity contribution is 7.98. The minimum absolute atomic E-state index is 0.0217. The Labute approximate surface area is 129 Å². The van der Waals surface area contributed by atoms with Gasteiger partial charge in [0.25, 0.3) is 5.91 Å².